The second-order valence-corrected chi connectivity index (χ2v) is 6.86. The van der Waals surface area contributed by atoms with Crippen LogP contribution in [0.1, 0.15) is 31.7 Å². The first-order valence-electron chi connectivity index (χ1n) is 9.66. The summed E-state index contributed by atoms with van der Waals surface area (Å²) < 4.78 is 20.0. The number of carbonyl (C=O) groups is 1. The highest BCUT2D eigenvalue weighted by atomic mass is 19.1. The van der Waals surface area contributed by atoms with Crippen LogP contribution in [0.5, 0.6) is 5.75 Å². The van der Waals surface area contributed by atoms with Crippen LogP contribution in [0, 0.1) is 5.82 Å². The molecule has 0 aliphatic carbocycles. The molecule has 1 aliphatic rings. The van der Waals surface area contributed by atoms with Gasteiger partial charge in [-0.25, -0.2) is 4.39 Å². The standard InChI is InChI=1S/C22H27FN2O2/c1-2-3-9-22(26)25-14-12-24(13-15-25)19-10-11-21(20(23)16-19)27-17-18-7-5-4-6-8-18/h4-8,10-11,16H,2-3,9,12-15,17H2,1H3. The van der Waals surface area contributed by atoms with Crippen LogP contribution in [0.15, 0.2) is 48.5 Å². The first-order valence-corrected chi connectivity index (χ1v) is 9.66. The number of hydrogen-bond acceptors (Lipinski definition) is 3. The largest absolute Gasteiger partial charge is 0.486 e. The van der Waals surface area contributed by atoms with Crippen molar-refractivity contribution in [1.82, 2.24) is 4.90 Å². The Kier molecular flexibility index (Phi) is 6.69. The second kappa shape index (κ2) is 9.40. The monoisotopic (exact) mass is 370 g/mol. The van der Waals surface area contributed by atoms with Gasteiger partial charge in [-0.1, -0.05) is 43.7 Å². The zero-order valence-electron chi connectivity index (χ0n) is 15.9. The molecule has 0 radical (unpaired) electrons. The molecule has 0 bridgehead atoms. The molecule has 0 N–H and O–H groups in total. The van der Waals surface area contributed by atoms with E-state index < -0.39 is 0 Å². The Morgan fingerprint density at radius 1 is 1.07 bits per heavy atom. The van der Waals surface area contributed by atoms with Crippen molar-refractivity contribution in [2.24, 2.45) is 0 Å². The number of anilines is 1. The lowest BCUT2D eigenvalue weighted by atomic mass is 10.2. The quantitative estimate of drug-likeness (QED) is 0.731. The van der Waals surface area contributed by atoms with Gasteiger partial charge in [-0.15, -0.1) is 0 Å². The van der Waals surface area contributed by atoms with Crippen molar-refractivity contribution < 1.29 is 13.9 Å². The summed E-state index contributed by atoms with van der Waals surface area (Å²) in [6, 6.07) is 14.8. The van der Waals surface area contributed by atoms with E-state index in [1.807, 2.05) is 41.3 Å². The van der Waals surface area contributed by atoms with E-state index in [1.54, 1.807) is 6.07 Å². The molecule has 1 amide bonds. The molecule has 1 aliphatic heterocycles. The van der Waals surface area contributed by atoms with Crippen molar-refractivity contribution in [2.45, 2.75) is 32.8 Å². The van der Waals surface area contributed by atoms with Crippen LogP contribution in [-0.2, 0) is 11.4 Å². The first-order chi connectivity index (χ1) is 13.2. The molecule has 144 valence electrons. The van der Waals surface area contributed by atoms with Gasteiger partial charge in [0.05, 0.1) is 0 Å². The Hall–Kier alpha value is -2.56. The Labute approximate surface area is 160 Å². The van der Waals surface area contributed by atoms with Crippen molar-refractivity contribution >= 4 is 11.6 Å². The zero-order chi connectivity index (χ0) is 19.1. The highest BCUT2D eigenvalue weighted by Crippen LogP contribution is 2.25. The Balaban J connectivity index is 1.54. The number of piperazine rings is 1. The van der Waals surface area contributed by atoms with Crippen molar-refractivity contribution in [3.05, 3.63) is 59.9 Å². The van der Waals surface area contributed by atoms with Crippen LogP contribution in [0.3, 0.4) is 0 Å². The molecule has 4 nitrogen and oxygen atoms in total. The number of unbranched alkanes of at least 4 members (excludes halogenated alkanes) is 1. The van der Waals surface area contributed by atoms with Crippen molar-refractivity contribution in [3.8, 4) is 5.75 Å². The molecule has 1 fully saturated rings. The molecule has 0 atom stereocenters. The van der Waals surface area contributed by atoms with E-state index in [0.717, 1.165) is 37.2 Å². The smallest absolute Gasteiger partial charge is 0.222 e. The van der Waals surface area contributed by atoms with Crippen LogP contribution in [0.25, 0.3) is 0 Å². The zero-order valence-corrected chi connectivity index (χ0v) is 15.9. The number of carbonyl (C=O) groups excluding carboxylic acids is 1. The minimum atomic E-state index is -0.357. The van der Waals surface area contributed by atoms with E-state index in [0.29, 0.717) is 26.1 Å². The molecule has 0 unspecified atom stereocenters. The molecule has 1 saturated heterocycles. The number of nitrogens with zero attached hydrogens (tertiary/aromatic N) is 2. The maximum atomic E-state index is 14.4. The van der Waals surface area contributed by atoms with E-state index in [1.165, 1.54) is 6.07 Å². The maximum Gasteiger partial charge on any atom is 0.222 e. The summed E-state index contributed by atoms with van der Waals surface area (Å²) >= 11 is 0. The second-order valence-electron chi connectivity index (χ2n) is 6.86. The fourth-order valence-corrected chi connectivity index (χ4v) is 3.24. The normalized spacial score (nSPS) is 14.3. The summed E-state index contributed by atoms with van der Waals surface area (Å²) in [6.07, 6.45) is 2.59. The van der Waals surface area contributed by atoms with E-state index >= 15 is 0 Å². The number of rotatable bonds is 7. The minimum Gasteiger partial charge on any atom is -0.486 e. The Morgan fingerprint density at radius 3 is 2.48 bits per heavy atom. The molecular weight excluding hydrogens is 343 g/mol. The topological polar surface area (TPSA) is 32.8 Å². The fraction of sp³-hybridized carbons (Fsp3) is 0.409. The molecule has 2 aromatic rings. The first kappa shape index (κ1) is 19.2. The maximum absolute atomic E-state index is 14.4. The predicted molar refractivity (Wildman–Crippen MR) is 105 cm³/mol. The molecule has 5 heteroatoms. The lowest BCUT2D eigenvalue weighted by molar-refractivity contribution is -0.131. The number of halogens is 1. The van der Waals surface area contributed by atoms with Crippen molar-refractivity contribution in [2.75, 3.05) is 31.1 Å². The van der Waals surface area contributed by atoms with Crippen molar-refractivity contribution in [1.29, 1.82) is 0 Å². The van der Waals surface area contributed by atoms with Gasteiger partial charge in [0, 0.05) is 44.4 Å². The van der Waals surface area contributed by atoms with Gasteiger partial charge in [0.15, 0.2) is 11.6 Å². The Bertz CT molecular complexity index is 743. The third-order valence-corrected chi connectivity index (χ3v) is 4.89. The predicted octanol–water partition coefficient (Wildman–Crippen LogP) is 4.24. The van der Waals surface area contributed by atoms with Gasteiger partial charge >= 0.3 is 0 Å². The Morgan fingerprint density at radius 2 is 1.81 bits per heavy atom. The third kappa shape index (κ3) is 5.22. The van der Waals surface area contributed by atoms with Crippen molar-refractivity contribution in [3.63, 3.8) is 0 Å². The van der Waals surface area contributed by atoms with Crippen LogP contribution >= 0.6 is 0 Å². The average molecular weight is 370 g/mol. The molecular formula is C22H27FN2O2. The SMILES string of the molecule is CCCCC(=O)N1CCN(c2ccc(OCc3ccccc3)c(F)c2)CC1. The summed E-state index contributed by atoms with van der Waals surface area (Å²) in [5, 5.41) is 0. The van der Waals surface area contributed by atoms with E-state index in [4.69, 9.17) is 4.74 Å². The van der Waals surface area contributed by atoms with E-state index in [2.05, 4.69) is 11.8 Å². The highest BCUT2D eigenvalue weighted by Gasteiger charge is 2.21. The van der Waals surface area contributed by atoms with Crippen LogP contribution in [0.2, 0.25) is 0 Å². The molecule has 0 aromatic heterocycles. The molecule has 0 spiro atoms. The summed E-state index contributed by atoms with van der Waals surface area (Å²) in [6.45, 7) is 5.26. The van der Waals surface area contributed by atoms with Gasteiger partial charge in [-0.2, -0.15) is 0 Å². The van der Waals surface area contributed by atoms with Gasteiger partial charge in [0.2, 0.25) is 5.91 Å². The molecule has 0 saturated carbocycles. The van der Waals surface area contributed by atoms with E-state index in [9.17, 15) is 9.18 Å². The van der Waals surface area contributed by atoms with Gasteiger partial charge in [-0.05, 0) is 24.1 Å². The number of ether oxygens (including phenoxy) is 1. The van der Waals surface area contributed by atoms with E-state index in [-0.39, 0.29) is 17.5 Å². The van der Waals surface area contributed by atoms with Crippen LogP contribution in [0.4, 0.5) is 10.1 Å². The summed E-state index contributed by atoms with van der Waals surface area (Å²) in [5.41, 5.74) is 1.84. The molecule has 27 heavy (non-hydrogen) atoms. The van der Waals surface area contributed by atoms with Crippen LogP contribution in [-0.4, -0.2) is 37.0 Å². The number of benzene rings is 2. The summed E-state index contributed by atoms with van der Waals surface area (Å²) in [4.78, 5) is 16.2. The molecule has 2 aromatic carbocycles. The number of hydrogen-bond donors (Lipinski definition) is 0. The lowest BCUT2D eigenvalue weighted by Crippen LogP contribution is -2.48. The summed E-state index contributed by atoms with van der Waals surface area (Å²) in [5.74, 6) is 0.133. The van der Waals surface area contributed by atoms with Gasteiger partial charge in [-0.3, -0.25) is 4.79 Å². The fourth-order valence-electron chi connectivity index (χ4n) is 3.24. The lowest BCUT2D eigenvalue weighted by Gasteiger charge is -2.36. The average Bonchev–Trinajstić information content (AvgIpc) is 2.72. The van der Waals surface area contributed by atoms with Gasteiger partial charge in [0.1, 0.15) is 6.61 Å². The van der Waals surface area contributed by atoms with Gasteiger partial charge < -0.3 is 14.5 Å². The van der Waals surface area contributed by atoms with Gasteiger partial charge in [0.25, 0.3) is 0 Å². The minimum absolute atomic E-state index is 0.229. The number of amides is 1. The van der Waals surface area contributed by atoms with Crippen LogP contribution < -0.4 is 9.64 Å². The molecule has 1 heterocycles. The summed E-state index contributed by atoms with van der Waals surface area (Å²) in [7, 11) is 0. The highest BCUT2D eigenvalue weighted by molar-refractivity contribution is 5.76. The molecule has 3 rings (SSSR count). The third-order valence-electron chi connectivity index (χ3n) is 4.89.